The van der Waals surface area contributed by atoms with Gasteiger partial charge in [-0.3, -0.25) is 5.84 Å². The molecule has 0 bridgehead atoms. The predicted molar refractivity (Wildman–Crippen MR) is 77.5 cm³/mol. The fourth-order valence-corrected chi connectivity index (χ4v) is 2.08. The summed E-state index contributed by atoms with van der Waals surface area (Å²) < 4.78 is 0. The van der Waals surface area contributed by atoms with E-state index in [1.165, 1.54) is 11.1 Å². The van der Waals surface area contributed by atoms with Crippen LogP contribution in [-0.2, 0) is 11.8 Å². The minimum atomic E-state index is 0.00971. The summed E-state index contributed by atoms with van der Waals surface area (Å²) in [5.74, 6) is 6.46. The summed E-state index contributed by atoms with van der Waals surface area (Å²) in [6.45, 7) is 6.65. The van der Waals surface area contributed by atoms with Gasteiger partial charge in [-0.25, -0.2) is 10.4 Å². The van der Waals surface area contributed by atoms with Crippen molar-refractivity contribution in [1.82, 2.24) is 15.4 Å². The first kappa shape index (κ1) is 13.8. The number of hydrazine groups is 1. The van der Waals surface area contributed by atoms with E-state index in [9.17, 15) is 0 Å². The molecule has 1 unspecified atom stereocenters. The van der Waals surface area contributed by atoms with Gasteiger partial charge in [0, 0.05) is 12.4 Å². The Morgan fingerprint density at radius 3 is 2.42 bits per heavy atom. The number of benzene rings is 1. The average molecular weight is 258 g/mol. The molecule has 0 aliphatic rings. The van der Waals surface area contributed by atoms with Gasteiger partial charge in [-0.1, -0.05) is 45.0 Å². The number of nitrogens with two attached hydrogens (primary N) is 1. The monoisotopic (exact) mass is 258 g/mol. The van der Waals surface area contributed by atoms with Crippen LogP contribution in [-0.4, -0.2) is 9.97 Å². The molecule has 2 aromatic rings. The van der Waals surface area contributed by atoms with Gasteiger partial charge in [0.1, 0.15) is 5.82 Å². The highest BCUT2D eigenvalue weighted by Gasteiger charge is 2.15. The van der Waals surface area contributed by atoms with Crippen LogP contribution < -0.4 is 11.3 Å². The number of imidazole rings is 1. The summed E-state index contributed by atoms with van der Waals surface area (Å²) in [4.78, 5) is 7.33. The van der Waals surface area contributed by atoms with Crippen LogP contribution >= 0.6 is 0 Å². The second-order valence-corrected chi connectivity index (χ2v) is 5.84. The van der Waals surface area contributed by atoms with E-state index in [-0.39, 0.29) is 11.5 Å². The zero-order valence-electron chi connectivity index (χ0n) is 11.8. The summed E-state index contributed by atoms with van der Waals surface area (Å²) >= 11 is 0. The van der Waals surface area contributed by atoms with E-state index in [1.54, 1.807) is 6.20 Å². The first-order valence-corrected chi connectivity index (χ1v) is 6.55. The summed E-state index contributed by atoms with van der Waals surface area (Å²) in [5, 5.41) is 0. The fraction of sp³-hybridized carbons (Fsp3) is 0.400. The molecule has 4 nitrogen and oxygen atoms in total. The Morgan fingerprint density at radius 1 is 1.26 bits per heavy atom. The van der Waals surface area contributed by atoms with Crippen molar-refractivity contribution in [2.75, 3.05) is 0 Å². The Kier molecular flexibility index (Phi) is 4.02. The van der Waals surface area contributed by atoms with Crippen molar-refractivity contribution >= 4 is 0 Å². The highest BCUT2D eigenvalue weighted by atomic mass is 15.2. The Bertz CT molecular complexity index is 494. The van der Waals surface area contributed by atoms with Crippen molar-refractivity contribution in [2.24, 2.45) is 5.84 Å². The first-order chi connectivity index (χ1) is 9.00. The van der Waals surface area contributed by atoms with Crippen LogP contribution in [0.1, 0.15) is 43.8 Å². The molecule has 0 amide bonds. The van der Waals surface area contributed by atoms with E-state index in [0.717, 1.165) is 12.2 Å². The normalized spacial score (nSPS) is 13.5. The van der Waals surface area contributed by atoms with E-state index >= 15 is 0 Å². The molecule has 1 atom stereocenters. The van der Waals surface area contributed by atoms with E-state index in [4.69, 9.17) is 5.84 Å². The highest BCUT2D eigenvalue weighted by molar-refractivity contribution is 5.28. The number of aromatic amines is 1. The van der Waals surface area contributed by atoms with Gasteiger partial charge in [-0.05, 0) is 23.0 Å². The smallest absolute Gasteiger partial charge is 0.124 e. The van der Waals surface area contributed by atoms with Crippen molar-refractivity contribution in [3.8, 4) is 0 Å². The van der Waals surface area contributed by atoms with E-state index in [1.807, 2.05) is 6.20 Å². The molecule has 1 aromatic carbocycles. The first-order valence-electron chi connectivity index (χ1n) is 6.55. The molecular formula is C15H22N4. The molecule has 0 fully saturated rings. The van der Waals surface area contributed by atoms with Crippen LogP contribution in [0.3, 0.4) is 0 Å². The third kappa shape index (κ3) is 3.43. The van der Waals surface area contributed by atoms with Gasteiger partial charge in [0.05, 0.1) is 6.04 Å². The topological polar surface area (TPSA) is 66.7 Å². The molecule has 4 N–H and O–H groups in total. The molecule has 0 saturated heterocycles. The maximum Gasteiger partial charge on any atom is 0.124 e. The maximum absolute atomic E-state index is 5.60. The zero-order valence-corrected chi connectivity index (χ0v) is 11.8. The van der Waals surface area contributed by atoms with Crippen molar-refractivity contribution < 1.29 is 0 Å². The van der Waals surface area contributed by atoms with Crippen LogP contribution in [0, 0.1) is 0 Å². The van der Waals surface area contributed by atoms with Gasteiger partial charge in [0.2, 0.25) is 0 Å². The van der Waals surface area contributed by atoms with Gasteiger partial charge >= 0.3 is 0 Å². The molecule has 0 saturated carbocycles. The van der Waals surface area contributed by atoms with Crippen LogP contribution in [0.15, 0.2) is 36.7 Å². The van der Waals surface area contributed by atoms with Gasteiger partial charge in [0.15, 0.2) is 0 Å². The molecule has 0 aliphatic carbocycles. The summed E-state index contributed by atoms with van der Waals surface area (Å²) in [5.41, 5.74) is 5.57. The lowest BCUT2D eigenvalue weighted by atomic mass is 9.86. The summed E-state index contributed by atoms with van der Waals surface area (Å²) in [7, 11) is 0. The number of nitrogens with one attached hydrogen (secondary N) is 2. The van der Waals surface area contributed by atoms with Gasteiger partial charge in [-0.15, -0.1) is 0 Å². The Morgan fingerprint density at radius 2 is 1.95 bits per heavy atom. The lowest BCUT2D eigenvalue weighted by molar-refractivity contribution is 0.527. The summed E-state index contributed by atoms with van der Waals surface area (Å²) in [6.07, 6.45) is 4.36. The third-order valence-electron chi connectivity index (χ3n) is 3.31. The quantitative estimate of drug-likeness (QED) is 0.583. The molecule has 4 heteroatoms. The van der Waals surface area contributed by atoms with E-state index in [0.29, 0.717) is 0 Å². The number of H-pyrrole nitrogens is 1. The van der Waals surface area contributed by atoms with E-state index < -0.39 is 0 Å². The van der Waals surface area contributed by atoms with Gasteiger partial charge in [-0.2, -0.15) is 0 Å². The molecule has 1 heterocycles. The van der Waals surface area contributed by atoms with Crippen LogP contribution in [0.2, 0.25) is 0 Å². The SMILES string of the molecule is CC(C)(C)c1ccc(CC(NN)c2ncc[nH]2)cc1. The van der Waals surface area contributed by atoms with Crippen molar-refractivity contribution in [2.45, 2.75) is 38.6 Å². The number of hydrogen-bond acceptors (Lipinski definition) is 3. The number of aromatic nitrogens is 2. The number of hydrogen-bond donors (Lipinski definition) is 3. The zero-order chi connectivity index (χ0) is 13.9. The fourth-order valence-electron chi connectivity index (χ4n) is 2.08. The molecule has 0 aliphatic heterocycles. The van der Waals surface area contributed by atoms with Crippen LogP contribution in [0.25, 0.3) is 0 Å². The lowest BCUT2D eigenvalue weighted by Crippen LogP contribution is -2.30. The Balaban J connectivity index is 2.11. The highest BCUT2D eigenvalue weighted by Crippen LogP contribution is 2.23. The molecule has 19 heavy (non-hydrogen) atoms. The van der Waals surface area contributed by atoms with Crippen molar-refractivity contribution in [3.05, 3.63) is 53.6 Å². The largest absolute Gasteiger partial charge is 0.347 e. The molecule has 0 spiro atoms. The van der Waals surface area contributed by atoms with Gasteiger partial charge < -0.3 is 4.98 Å². The number of nitrogens with zero attached hydrogens (tertiary/aromatic N) is 1. The van der Waals surface area contributed by atoms with Crippen LogP contribution in [0.4, 0.5) is 0 Å². The minimum Gasteiger partial charge on any atom is -0.347 e. The molecule has 102 valence electrons. The molecule has 2 rings (SSSR count). The number of rotatable bonds is 4. The summed E-state index contributed by atoms with van der Waals surface area (Å²) in [6, 6.07) is 8.70. The van der Waals surface area contributed by atoms with Gasteiger partial charge in [0.25, 0.3) is 0 Å². The molecule has 0 radical (unpaired) electrons. The maximum atomic E-state index is 5.60. The standard InChI is InChI=1S/C15H22N4/c1-15(2,3)12-6-4-11(5-7-12)10-13(19-16)14-17-8-9-18-14/h4-9,13,19H,10,16H2,1-3H3,(H,17,18). The van der Waals surface area contributed by atoms with Crippen LogP contribution in [0.5, 0.6) is 0 Å². The molecule has 1 aromatic heterocycles. The average Bonchev–Trinajstić information content (AvgIpc) is 2.89. The van der Waals surface area contributed by atoms with Crippen molar-refractivity contribution in [3.63, 3.8) is 0 Å². The third-order valence-corrected chi connectivity index (χ3v) is 3.31. The van der Waals surface area contributed by atoms with Crippen molar-refractivity contribution in [1.29, 1.82) is 0 Å². The molecular weight excluding hydrogens is 236 g/mol. The predicted octanol–water partition coefficient (Wildman–Crippen LogP) is 2.45. The van der Waals surface area contributed by atoms with E-state index in [2.05, 4.69) is 60.4 Å². The second kappa shape index (κ2) is 5.55. The lowest BCUT2D eigenvalue weighted by Gasteiger charge is -2.20. The second-order valence-electron chi connectivity index (χ2n) is 5.84. The Hall–Kier alpha value is -1.65. The minimum absolute atomic E-state index is 0.00971. The Labute approximate surface area is 114 Å².